The van der Waals surface area contributed by atoms with E-state index >= 15 is 0 Å². The van der Waals surface area contributed by atoms with E-state index in [1.54, 1.807) is 12.1 Å². The van der Waals surface area contributed by atoms with E-state index in [2.05, 4.69) is 15.4 Å². The topological polar surface area (TPSA) is 115 Å². The molecule has 0 bridgehead atoms. The molecule has 2 atom stereocenters. The van der Waals surface area contributed by atoms with Gasteiger partial charge in [0.2, 0.25) is 5.91 Å². The number of hydrogen-bond acceptors (Lipinski definition) is 6. The first-order chi connectivity index (χ1) is 16.5. The predicted octanol–water partition coefficient (Wildman–Crippen LogP) is 4.79. The van der Waals surface area contributed by atoms with Crippen LogP contribution in [0.3, 0.4) is 0 Å². The van der Waals surface area contributed by atoms with Crippen molar-refractivity contribution in [2.24, 2.45) is 11.8 Å². The normalized spacial score (nSPS) is 14.0. The number of ether oxygens (including phenoxy) is 1. The van der Waals surface area contributed by atoms with E-state index in [0.717, 1.165) is 24.6 Å². The highest BCUT2D eigenvalue weighted by Crippen LogP contribution is 2.30. The molecule has 0 heterocycles. The quantitative estimate of drug-likeness (QED) is 0.193. The van der Waals surface area contributed by atoms with Crippen LogP contribution in [0.2, 0.25) is 0 Å². The molecule has 0 saturated heterocycles. The Morgan fingerprint density at radius 2 is 1.77 bits per heavy atom. The van der Waals surface area contributed by atoms with E-state index < -0.39 is 41.7 Å². The van der Waals surface area contributed by atoms with Crippen LogP contribution in [0.25, 0.3) is 0 Å². The molecule has 0 saturated carbocycles. The molecule has 0 fully saturated rings. The van der Waals surface area contributed by atoms with Gasteiger partial charge in [0.15, 0.2) is 0 Å². The van der Waals surface area contributed by atoms with Gasteiger partial charge in [0.05, 0.1) is 5.92 Å². The molecule has 2 aromatic carbocycles. The van der Waals surface area contributed by atoms with Gasteiger partial charge in [-0.25, -0.2) is 4.39 Å². The summed E-state index contributed by atoms with van der Waals surface area (Å²) >= 11 is 0. The van der Waals surface area contributed by atoms with E-state index in [9.17, 15) is 27.2 Å². The molecule has 1 amide bonds. The summed E-state index contributed by atoms with van der Waals surface area (Å²) in [5.41, 5.74) is 0.155. The van der Waals surface area contributed by atoms with Crippen molar-refractivity contribution in [1.29, 1.82) is 10.8 Å². The zero-order valence-corrected chi connectivity index (χ0v) is 19.0. The Labute approximate surface area is 199 Å². The van der Waals surface area contributed by atoms with Gasteiger partial charge < -0.3 is 26.2 Å². The summed E-state index contributed by atoms with van der Waals surface area (Å²) in [6.07, 6.45) is -2.55. The lowest BCUT2D eigenvalue weighted by Gasteiger charge is -2.32. The Kier molecular flexibility index (Phi) is 9.64. The van der Waals surface area contributed by atoms with Gasteiger partial charge in [-0.1, -0.05) is 38.1 Å². The van der Waals surface area contributed by atoms with Crippen molar-refractivity contribution in [3.63, 3.8) is 0 Å². The first kappa shape index (κ1) is 27.6. The summed E-state index contributed by atoms with van der Waals surface area (Å²) < 4.78 is 55.6. The van der Waals surface area contributed by atoms with Crippen molar-refractivity contribution >= 4 is 30.3 Å². The fourth-order valence-electron chi connectivity index (χ4n) is 3.55. The van der Waals surface area contributed by atoms with Crippen LogP contribution in [-0.2, 0) is 4.79 Å². The number of hydrogen-bond donors (Lipinski definition) is 4. The van der Waals surface area contributed by atoms with Crippen molar-refractivity contribution in [3.8, 4) is 5.75 Å². The first-order valence-corrected chi connectivity index (χ1v) is 10.6. The van der Waals surface area contributed by atoms with Crippen LogP contribution < -0.4 is 15.4 Å². The Morgan fingerprint density at radius 3 is 2.34 bits per heavy atom. The highest BCUT2D eigenvalue weighted by molar-refractivity contribution is 5.99. The second kappa shape index (κ2) is 12.2. The predicted molar refractivity (Wildman–Crippen MR) is 124 cm³/mol. The summed E-state index contributed by atoms with van der Waals surface area (Å²) in [7, 11) is 0. The molecule has 0 aliphatic heterocycles. The van der Waals surface area contributed by atoms with E-state index in [1.165, 1.54) is 12.1 Å². The number of anilines is 1. The van der Waals surface area contributed by atoms with E-state index in [0.29, 0.717) is 18.9 Å². The van der Waals surface area contributed by atoms with Crippen molar-refractivity contribution < 1.29 is 31.9 Å². The molecule has 0 aliphatic rings. The van der Waals surface area contributed by atoms with Gasteiger partial charge >= 0.3 is 6.36 Å². The number of carbonyl (C=O) groups is 2. The zero-order valence-electron chi connectivity index (χ0n) is 19.0. The molecule has 0 spiro atoms. The van der Waals surface area contributed by atoms with Gasteiger partial charge in [-0.15, -0.1) is 13.2 Å². The van der Waals surface area contributed by atoms with Crippen molar-refractivity contribution in [3.05, 3.63) is 59.4 Å². The molecule has 11 heteroatoms. The minimum absolute atomic E-state index is 0.130. The molecule has 0 aliphatic carbocycles. The van der Waals surface area contributed by atoms with Crippen LogP contribution in [0.15, 0.2) is 42.5 Å². The zero-order chi connectivity index (χ0) is 26.2. The molecule has 7 nitrogen and oxygen atoms in total. The van der Waals surface area contributed by atoms with Crippen LogP contribution in [0, 0.1) is 28.5 Å². The van der Waals surface area contributed by atoms with Crippen molar-refractivity contribution in [2.45, 2.75) is 32.2 Å². The second-order valence-electron chi connectivity index (χ2n) is 8.18. The van der Waals surface area contributed by atoms with Crippen molar-refractivity contribution in [2.75, 3.05) is 11.9 Å². The molecule has 35 heavy (non-hydrogen) atoms. The maximum atomic E-state index is 14.0. The molecule has 2 rings (SSSR count). The average molecular weight is 494 g/mol. The van der Waals surface area contributed by atoms with Gasteiger partial charge in [0, 0.05) is 47.8 Å². The summed E-state index contributed by atoms with van der Waals surface area (Å²) in [6, 6.07) is 7.52. The molecular formula is C24H26F4N4O3. The Morgan fingerprint density at radius 1 is 1.11 bits per heavy atom. The number of alkyl halides is 3. The third kappa shape index (κ3) is 7.99. The summed E-state index contributed by atoms with van der Waals surface area (Å²) in [6.45, 7) is 4.23. The maximum absolute atomic E-state index is 14.0. The third-order valence-electron chi connectivity index (χ3n) is 5.03. The smallest absolute Gasteiger partial charge is 0.406 e. The third-order valence-corrected chi connectivity index (χ3v) is 5.03. The number of rotatable bonds is 12. The van der Waals surface area contributed by atoms with Crippen LogP contribution >= 0.6 is 0 Å². The SMILES string of the molecule is CC(C)CNC(C(C=N)C=N)C(C(=O)Nc1cc(F)cc(OC(F)(F)F)c1)c1ccccc1C=O. The van der Waals surface area contributed by atoms with E-state index in [1.807, 2.05) is 13.8 Å². The largest absolute Gasteiger partial charge is 0.573 e. The molecule has 0 aromatic heterocycles. The van der Waals surface area contributed by atoms with Crippen molar-refractivity contribution in [1.82, 2.24) is 5.32 Å². The average Bonchev–Trinajstić information content (AvgIpc) is 2.76. The number of amides is 1. The molecule has 2 unspecified atom stereocenters. The lowest BCUT2D eigenvalue weighted by molar-refractivity contribution is -0.274. The second-order valence-corrected chi connectivity index (χ2v) is 8.18. The Balaban J connectivity index is 2.55. The highest BCUT2D eigenvalue weighted by atomic mass is 19.4. The van der Waals surface area contributed by atoms with Gasteiger partial charge in [0.1, 0.15) is 17.9 Å². The summed E-state index contributed by atoms with van der Waals surface area (Å²) in [5.74, 6) is -4.61. The molecule has 188 valence electrons. The number of nitrogens with one attached hydrogen (secondary N) is 4. The fraction of sp³-hybridized carbons (Fsp3) is 0.333. The minimum Gasteiger partial charge on any atom is -0.406 e. The molecule has 4 N–H and O–H groups in total. The Hall–Kier alpha value is -3.60. The van der Waals surface area contributed by atoms with Crippen LogP contribution in [0.5, 0.6) is 5.75 Å². The lowest BCUT2D eigenvalue weighted by Crippen LogP contribution is -2.48. The van der Waals surface area contributed by atoms with Crippen LogP contribution in [0.1, 0.15) is 35.7 Å². The number of carbonyl (C=O) groups excluding carboxylic acids is 2. The standard InChI is InChI=1S/C24H26F4N4O3/c1-14(2)12-31-22(16(10-29)11-30)21(20-6-4-3-5-15(20)13-33)23(34)32-18-7-17(25)8-19(9-18)35-24(26,27)28/h3-11,13-14,16,21-22,29-31H,12H2,1-2H3,(H,32,34). The van der Waals surface area contributed by atoms with Gasteiger partial charge in [-0.3, -0.25) is 9.59 Å². The maximum Gasteiger partial charge on any atom is 0.573 e. The number of aldehydes is 1. The molecule has 0 radical (unpaired) electrons. The van der Waals surface area contributed by atoms with Gasteiger partial charge in [0.25, 0.3) is 0 Å². The Bertz CT molecular complexity index is 1050. The van der Waals surface area contributed by atoms with Gasteiger partial charge in [-0.2, -0.15) is 0 Å². The fourth-order valence-corrected chi connectivity index (χ4v) is 3.55. The summed E-state index contributed by atoms with van der Waals surface area (Å²) in [5, 5.41) is 21.0. The molecular weight excluding hydrogens is 468 g/mol. The van der Waals surface area contributed by atoms with E-state index in [-0.39, 0.29) is 22.7 Å². The van der Waals surface area contributed by atoms with Crippen LogP contribution in [-0.4, -0.2) is 43.6 Å². The first-order valence-electron chi connectivity index (χ1n) is 10.6. The lowest BCUT2D eigenvalue weighted by atomic mass is 9.81. The monoisotopic (exact) mass is 494 g/mol. The summed E-state index contributed by atoms with van der Waals surface area (Å²) in [4.78, 5) is 25.2. The van der Waals surface area contributed by atoms with Gasteiger partial charge in [-0.05, 0) is 24.1 Å². The minimum atomic E-state index is -5.06. The highest BCUT2D eigenvalue weighted by Gasteiger charge is 2.36. The number of benzene rings is 2. The molecule has 2 aromatic rings. The number of halogens is 4. The van der Waals surface area contributed by atoms with Crippen LogP contribution in [0.4, 0.5) is 23.2 Å². The van der Waals surface area contributed by atoms with E-state index in [4.69, 9.17) is 10.8 Å².